The maximum atomic E-state index is 11.9. The van der Waals surface area contributed by atoms with E-state index >= 15 is 0 Å². The molecule has 0 spiro atoms. The van der Waals surface area contributed by atoms with Gasteiger partial charge in [0.25, 0.3) is 5.91 Å². The molecule has 0 aromatic heterocycles. The number of esters is 1. The number of hydrogen-bond donors (Lipinski definition) is 1. The van der Waals surface area contributed by atoms with Gasteiger partial charge in [0.2, 0.25) is 6.10 Å². The van der Waals surface area contributed by atoms with Gasteiger partial charge < -0.3 is 10.5 Å². The average Bonchev–Trinajstić information content (AvgIpc) is 2.55. The maximum absolute atomic E-state index is 11.9. The number of amides is 1. The molecule has 2 aromatic rings. The third-order valence-electron chi connectivity index (χ3n) is 3.01. The highest BCUT2D eigenvalue weighted by molar-refractivity contribution is 7.99. The van der Waals surface area contributed by atoms with Crippen LogP contribution >= 0.6 is 23.4 Å². The van der Waals surface area contributed by atoms with Gasteiger partial charge in [-0.3, -0.25) is 9.59 Å². The number of halogens is 1. The van der Waals surface area contributed by atoms with E-state index in [0.29, 0.717) is 16.3 Å². The topological polar surface area (TPSA) is 69.4 Å². The molecule has 0 saturated carbocycles. The zero-order chi connectivity index (χ0) is 16.7. The third kappa shape index (κ3) is 5.30. The second-order valence-electron chi connectivity index (χ2n) is 4.71. The van der Waals surface area contributed by atoms with Gasteiger partial charge >= 0.3 is 5.97 Å². The SMILES string of the molecule is NC(=O)C(OC(=O)CCSc1ccccc1Cl)c1ccccc1. The van der Waals surface area contributed by atoms with Crippen molar-refractivity contribution >= 4 is 35.2 Å². The summed E-state index contributed by atoms with van der Waals surface area (Å²) < 4.78 is 5.21. The highest BCUT2D eigenvalue weighted by atomic mass is 35.5. The number of rotatable bonds is 7. The number of ether oxygens (including phenoxy) is 1. The minimum atomic E-state index is -1.06. The average molecular weight is 350 g/mol. The van der Waals surface area contributed by atoms with Crippen LogP contribution in [0.4, 0.5) is 0 Å². The van der Waals surface area contributed by atoms with Crippen LogP contribution in [0.1, 0.15) is 18.1 Å². The molecule has 0 heterocycles. The fourth-order valence-electron chi connectivity index (χ4n) is 1.91. The van der Waals surface area contributed by atoms with Gasteiger partial charge in [-0.05, 0) is 12.1 Å². The molecule has 0 radical (unpaired) electrons. The number of hydrogen-bond acceptors (Lipinski definition) is 4. The Morgan fingerprint density at radius 3 is 2.39 bits per heavy atom. The highest BCUT2D eigenvalue weighted by Crippen LogP contribution is 2.27. The van der Waals surface area contributed by atoms with E-state index in [0.717, 1.165) is 4.90 Å². The van der Waals surface area contributed by atoms with Gasteiger partial charge in [0.1, 0.15) is 0 Å². The molecule has 0 fully saturated rings. The Hall–Kier alpha value is -1.98. The summed E-state index contributed by atoms with van der Waals surface area (Å²) in [6.07, 6.45) is -0.902. The lowest BCUT2D eigenvalue weighted by Gasteiger charge is -2.15. The smallest absolute Gasteiger partial charge is 0.307 e. The maximum Gasteiger partial charge on any atom is 0.307 e. The van der Waals surface area contributed by atoms with Crippen LogP contribution in [-0.2, 0) is 14.3 Å². The molecule has 2 rings (SSSR count). The van der Waals surface area contributed by atoms with Crippen LogP contribution in [-0.4, -0.2) is 17.6 Å². The molecule has 6 heteroatoms. The lowest BCUT2D eigenvalue weighted by Crippen LogP contribution is -2.26. The lowest BCUT2D eigenvalue weighted by atomic mass is 10.1. The van der Waals surface area contributed by atoms with E-state index in [4.69, 9.17) is 22.1 Å². The zero-order valence-corrected chi connectivity index (χ0v) is 13.8. The van der Waals surface area contributed by atoms with Crippen molar-refractivity contribution in [2.24, 2.45) is 5.73 Å². The molecular formula is C17H16ClNO3S. The summed E-state index contributed by atoms with van der Waals surface area (Å²) >= 11 is 7.51. The Balaban J connectivity index is 1.88. The molecule has 23 heavy (non-hydrogen) atoms. The third-order valence-corrected chi connectivity index (χ3v) is 4.53. The van der Waals surface area contributed by atoms with Crippen molar-refractivity contribution < 1.29 is 14.3 Å². The molecule has 0 aliphatic carbocycles. The van der Waals surface area contributed by atoms with Crippen LogP contribution in [0.5, 0.6) is 0 Å². The quantitative estimate of drug-likeness (QED) is 0.612. The Morgan fingerprint density at radius 2 is 1.74 bits per heavy atom. The monoisotopic (exact) mass is 349 g/mol. The van der Waals surface area contributed by atoms with Crippen LogP contribution in [0.3, 0.4) is 0 Å². The first kappa shape index (κ1) is 17.4. The van der Waals surface area contributed by atoms with Crippen LogP contribution in [0.2, 0.25) is 5.02 Å². The molecule has 1 amide bonds. The van der Waals surface area contributed by atoms with Gasteiger partial charge in [-0.1, -0.05) is 54.1 Å². The molecular weight excluding hydrogens is 334 g/mol. The predicted molar refractivity (Wildman–Crippen MR) is 91.3 cm³/mol. The second-order valence-corrected chi connectivity index (χ2v) is 6.26. The standard InChI is InChI=1S/C17H16ClNO3S/c18-13-8-4-5-9-14(13)23-11-10-15(20)22-16(17(19)21)12-6-2-1-3-7-12/h1-9,16H,10-11H2,(H2,19,21). The number of thioether (sulfide) groups is 1. The number of nitrogens with two attached hydrogens (primary N) is 1. The largest absolute Gasteiger partial charge is 0.447 e. The van der Waals surface area contributed by atoms with Crippen molar-refractivity contribution in [2.45, 2.75) is 17.4 Å². The van der Waals surface area contributed by atoms with Crippen LogP contribution in [0.25, 0.3) is 0 Å². The minimum Gasteiger partial charge on any atom is -0.447 e. The van der Waals surface area contributed by atoms with Crippen LogP contribution in [0.15, 0.2) is 59.5 Å². The summed E-state index contributed by atoms with van der Waals surface area (Å²) in [7, 11) is 0. The molecule has 2 aromatic carbocycles. The molecule has 120 valence electrons. The van der Waals surface area contributed by atoms with E-state index < -0.39 is 18.0 Å². The summed E-state index contributed by atoms with van der Waals surface area (Å²) in [5.41, 5.74) is 5.88. The fraction of sp³-hybridized carbons (Fsp3) is 0.176. The lowest BCUT2D eigenvalue weighted by molar-refractivity contribution is -0.155. The molecule has 0 bridgehead atoms. The first-order chi connectivity index (χ1) is 11.1. The van der Waals surface area contributed by atoms with Gasteiger partial charge in [-0.2, -0.15) is 0 Å². The van der Waals surface area contributed by atoms with Crippen LogP contribution < -0.4 is 5.73 Å². The van der Waals surface area contributed by atoms with Gasteiger partial charge in [-0.25, -0.2) is 0 Å². The predicted octanol–water partition coefficient (Wildman–Crippen LogP) is 3.59. The Morgan fingerprint density at radius 1 is 1.09 bits per heavy atom. The first-order valence-electron chi connectivity index (χ1n) is 6.99. The van der Waals surface area contributed by atoms with Gasteiger partial charge in [0.15, 0.2) is 0 Å². The fourth-order valence-corrected chi connectivity index (χ4v) is 3.08. The number of carbonyl (C=O) groups excluding carboxylic acids is 2. The Kier molecular flexibility index (Phi) is 6.50. The first-order valence-corrected chi connectivity index (χ1v) is 8.35. The van der Waals surface area contributed by atoms with E-state index in [1.54, 1.807) is 30.3 Å². The molecule has 1 unspecified atom stereocenters. The molecule has 0 aliphatic heterocycles. The van der Waals surface area contributed by atoms with Crippen molar-refractivity contribution in [3.05, 3.63) is 65.2 Å². The van der Waals surface area contributed by atoms with E-state index in [-0.39, 0.29) is 6.42 Å². The molecule has 2 N–H and O–H groups in total. The molecule has 4 nitrogen and oxygen atoms in total. The number of carbonyl (C=O) groups is 2. The normalized spacial score (nSPS) is 11.7. The van der Waals surface area contributed by atoms with E-state index in [1.165, 1.54) is 11.8 Å². The molecule has 1 atom stereocenters. The van der Waals surface area contributed by atoms with Crippen molar-refractivity contribution in [2.75, 3.05) is 5.75 Å². The Labute approximate surface area is 144 Å². The summed E-state index contributed by atoms with van der Waals surface area (Å²) in [4.78, 5) is 24.3. The second kappa shape index (κ2) is 8.60. The minimum absolute atomic E-state index is 0.159. The van der Waals surface area contributed by atoms with Crippen molar-refractivity contribution in [1.82, 2.24) is 0 Å². The van der Waals surface area contributed by atoms with Gasteiger partial charge in [-0.15, -0.1) is 11.8 Å². The zero-order valence-electron chi connectivity index (χ0n) is 12.3. The van der Waals surface area contributed by atoms with E-state index in [2.05, 4.69) is 0 Å². The highest BCUT2D eigenvalue weighted by Gasteiger charge is 2.22. The van der Waals surface area contributed by atoms with Crippen molar-refractivity contribution in [3.63, 3.8) is 0 Å². The molecule has 0 saturated heterocycles. The number of benzene rings is 2. The number of primary amides is 1. The summed E-state index contributed by atoms with van der Waals surface area (Å²) in [5, 5.41) is 0.644. The van der Waals surface area contributed by atoms with Gasteiger partial charge in [0.05, 0.1) is 11.4 Å². The van der Waals surface area contributed by atoms with Crippen molar-refractivity contribution in [1.29, 1.82) is 0 Å². The summed E-state index contributed by atoms with van der Waals surface area (Å²) in [5.74, 6) is -0.663. The molecule has 0 aliphatic rings. The van der Waals surface area contributed by atoms with Crippen LogP contribution in [0, 0.1) is 0 Å². The Bertz CT molecular complexity index is 679. The van der Waals surface area contributed by atoms with Crippen molar-refractivity contribution in [3.8, 4) is 0 Å². The van der Waals surface area contributed by atoms with E-state index in [9.17, 15) is 9.59 Å². The summed E-state index contributed by atoms with van der Waals surface area (Å²) in [6, 6.07) is 16.1. The van der Waals surface area contributed by atoms with Gasteiger partial charge in [0, 0.05) is 16.2 Å². The summed E-state index contributed by atoms with van der Waals surface area (Å²) in [6.45, 7) is 0. The van der Waals surface area contributed by atoms with E-state index in [1.807, 2.05) is 24.3 Å².